The molecule has 0 bridgehead atoms. The van der Waals surface area contributed by atoms with Crippen molar-refractivity contribution in [3.63, 3.8) is 0 Å². The zero-order valence-electron chi connectivity index (χ0n) is 8.78. The first kappa shape index (κ1) is 9.94. The van der Waals surface area contributed by atoms with E-state index in [1.54, 1.807) is 5.57 Å². The fourth-order valence-electron chi connectivity index (χ4n) is 2.18. The molecule has 1 saturated heterocycles. The van der Waals surface area contributed by atoms with Crippen LogP contribution in [0.15, 0.2) is 23.8 Å². The van der Waals surface area contributed by atoms with E-state index in [-0.39, 0.29) is 0 Å². The largest absolute Gasteiger partial charge is 0.328 e. The number of nitrogens with two attached hydrogens (primary N) is 1. The minimum absolute atomic E-state index is 0.450. The Labute approximate surface area is 86.5 Å². The van der Waals surface area contributed by atoms with Crippen molar-refractivity contribution in [1.82, 2.24) is 4.90 Å². The Balaban J connectivity index is 1.77. The van der Waals surface area contributed by atoms with Crippen LogP contribution < -0.4 is 5.73 Å². The van der Waals surface area contributed by atoms with Crippen LogP contribution in [-0.4, -0.2) is 30.6 Å². The van der Waals surface area contributed by atoms with Gasteiger partial charge in [-0.25, -0.2) is 0 Å². The molecule has 2 rings (SSSR count). The third-order valence-corrected chi connectivity index (χ3v) is 3.15. The molecule has 2 aliphatic rings. The van der Waals surface area contributed by atoms with Gasteiger partial charge < -0.3 is 5.73 Å². The first-order valence-corrected chi connectivity index (χ1v) is 5.65. The van der Waals surface area contributed by atoms with E-state index in [2.05, 4.69) is 23.1 Å². The van der Waals surface area contributed by atoms with Gasteiger partial charge in [-0.15, -0.1) is 0 Å². The number of rotatable bonds is 2. The molecule has 2 nitrogen and oxygen atoms in total. The van der Waals surface area contributed by atoms with E-state index in [4.69, 9.17) is 5.73 Å². The molecule has 0 aromatic carbocycles. The summed E-state index contributed by atoms with van der Waals surface area (Å²) in [7, 11) is 0. The van der Waals surface area contributed by atoms with Crippen molar-refractivity contribution in [2.75, 3.05) is 19.6 Å². The molecule has 78 valence electrons. The van der Waals surface area contributed by atoms with Gasteiger partial charge in [-0.05, 0) is 38.8 Å². The van der Waals surface area contributed by atoms with Crippen LogP contribution in [0.4, 0.5) is 0 Å². The van der Waals surface area contributed by atoms with Crippen molar-refractivity contribution in [2.24, 2.45) is 5.73 Å². The number of nitrogens with zero attached hydrogens (tertiary/aromatic N) is 1. The second-order valence-electron chi connectivity index (χ2n) is 4.39. The van der Waals surface area contributed by atoms with Crippen LogP contribution in [0.3, 0.4) is 0 Å². The van der Waals surface area contributed by atoms with Gasteiger partial charge in [0, 0.05) is 12.6 Å². The Morgan fingerprint density at radius 2 is 2.07 bits per heavy atom. The number of allylic oxidation sites excluding steroid dienone is 3. The van der Waals surface area contributed by atoms with Gasteiger partial charge in [0.15, 0.2) is 0 Å². The number of hydrogen-bond donors (Lipinski definition) is 1. The highest BCUT2D eigenvalue weighted by Crippen LogP contribution is 2.15. The average Bonchev–Trinajstić information content (AvgIpc) is 2.23. The lowest BCUT2D eigenvalue weighted by molar-refractivity contribution is 0.228. The fraction of sp³-hybridized carbons (Fsp3) is 0.667. The maximum Gasteiger partial charge on any atom is 0.0196 e. The molecule has 1 aliphatic heterocycles. The molecule has 0 atom stereocenters. The summed E-state index contributed by atoms with van der Waals surface area (Å²) in [4.78, 5) is 2.54. The van der Waals surface area contributed by atoms with Gasteiger partial charge in [-0.1, -0.05) is 23.8 Å². The molecule has 0 aromatic rings. The lowest BCUT2D eigenvalue weighted by atomic mass is 10.0. The summed E-state index contributed by atoms with van der Waals surface area (Å²) in [5, 5.41) is 0. The van der Waals surface area contributed by atoms with Gasteiger partial charge in [0.2, 0.25) is 0 Å². The van der Waals surface area contributed by atoms with E-state index in [0.29, 0.717) is 6.04 Å². The summed E-state index contributed by atoms with van der Waals surface area (Å²) in [5.41, 5.74) is 7.46. The summed E-state index contributed by atoms with van der Waals surface area (Å²) >= 11 is 0. The van der Waals surface area contributed by atoms with E-state index in [1.807, 2.05) is 0 Å². The van der Waals surface area contributed by atoms with Gasteiger partial charge in [-0.2, -0.15) is 0 Å². The quantitative estimate of drug-likeness (QED) is 0.675. The molecule has 1 aliphatic carbocycles. The van der Waals surface area contributed by atoms with Gasteiger partial charge >= 0.3 is 0 Å². The summed E-state index contributed by atoms with van der Waals surface area (Å²) in [6.07, 6.45) is 11.5. The number of likely N-dealkylation sites (tertiary alicyclic amines) is 1. The summed E-state index contributed by atoms with van der Waals surface area (Å²) in [6.45, 7) is 3.53. The van der Waals surface area contributed by atoms with Crippen LogP contribution in [-0.2, 0) is 0 Å². The molecule has 0 radical (unpaired) electrons. The fourth-order valence-corrected chi connectivity index (χ4v) is 2.18. The van der Waals surface area contributed by atoms with Crippen molar-refractivity contribution in [3.8, 4) is 0 Å². The summed E-state index contributed by atoms with van der Waals surface area (Å²) in [6, 6.07) is 0.450. The molecule has 0 amide bonds. The third kappa shape index (κ3) is 2.69. The van der Waals surface area contributed by atoms with Crippen molar-refractivity contribution < 1.29 is 0 Å². The van der Waals surface area contributed by atoms with Crippen molar-refractivity contribution in [2.45, 2.75) is 31.7 Å². The Bertz CT molecular complexity index is 235. The highest BCUT2D eigenvalue weighted by Gasteiger charge is 2.16. The standard InChI is InChI=1S/C12H20N2/c13-12-6-8-14(9-7-12)10-11-4-2-1-3-5-11/h1-2,5,12H,3-4,6-10,13H2. The molecule has 0 unspecified atom stereocenters. The maximum absolute atomic E-state index is 5.88. The molecular formula is C12H20N2. The predicted octanol–water partition coefficient (Wildman–Crippen LogP) is 1.69. The highest BCUT2D eigenvalue weighted by molar-refractivity contribution is 5.16. The second-order valence-corrected chi connectivity index (χ2v) is 4.39. The lowest BCUT2D eigenvalue weighted by Crippen LogP contribution is -2.40. The Morgan fingerprint density at radius 3 is 2.71 bits per heavy atom. The molecular weight excluding hydrogens is 172 g/mol. The molecule has 14 heavy (non-hydrogen) atoms. The zero-order valence-corrected chi connectivity index (χ0v) is 8.78. The molecule has 0 spiro atoms. The summed E-state index contributed by atoms with van der Waals surface area (Å²) < 4.78 is 0. The molecule has 2 heteroatoms. The summed E-state index contributed by atoms with van der Waals surface area (Å²) in [5.74, 6) is 0. The number of hydrogen-bond acceptors (Lipinski definition) is 2. The SMILES string of the molecule is NC1CCN(CC2=CCC=CC2)CC1. The Morgan fingerprint density at radius 1 is 1.29 bits per heavy atom. The van der Waals surface area contributed by atoms with Gasteiger partial charge in [0.25, 0.3) is 0 Å². The molecule has 1 heterocycles. The van der Waals surface area contributed by atoms with Crippen LogP contribution in [0, 0.1) is 0 Å². The molecule has 1 fully saturated rings. The van der Waals surface area contributed by atoms with Crippen LogP contribution in [0.5, 0.6) is 0 Å². The van der Waals surface area contributed by atoms with Crippen LogP contribution >= 0.6 is 0 Å². The van der Waals surface area contributed by atoms with E-state index in [1.165, 1.54) is 25.9 Å². The molecule has 0 aromatic heterocycles. The van der Waals surface area contributed by atoms with Gasteiger partial charge in [0.05, 0.1) is 0 Å². The zero-order chi connectivity index (χ0) is 9.80. The van der Waals surface area contributed by atoms with Crippen LogP contribution in [0.25, 0.3) is 0 Å². The Hall–Kier alpha value is -0.600. The average molecular weight is 192 g/mol. The van der Waals surface area contributed by atoms with E-state index >= 15 is 0 Å². The minimum atomic E-state index is 0.450. The van der Waals surface area contributed by atoms with Gasteiger partial charge in [0.1, 0.15) is 0 Å². The maximum atomic E-state index is 5.88. The molecule has 2 N–H and O–H groups in total. The first-order chi connectivity index (χ1) is 6.84. The topological polar surface area (TPSA) is 29.3 Å². The smallest absolute Gasteiger partial charge is 0.0196 e. The highest BCUT2D eigenvalue weighted by atomic mass is 15.1. The third-order valence-electron chi connectivity index (χ3n) is 3.15. The van der Waals surface area contributed by atoms with Crippen molar-refractivity contribution in [1.29, 1.82) is 0 Å². The lowest BCUT2D eigenvalue weighted by Gasteiger charge is -2.31. The van der Waals surface area contributed by atoms with Crippen molar-refractivity contribution >= 4 is 0 Å². The van der Waals surface area contributed by atoms with Crippen LogP contribution in [0.1, 0.15) is 25.7 Å². The minimum Gasteiger partial charge on any atom is -0.328 e. The normalized spacial score (nSPS) is 25.1. The van der Waals surface area contributed by atoms with E-state index in [0.717, 1.165) is 19.4 Å². The second kappa shape index (κ2) is 4.76. The van der Waals surface area contributed by atoms with Gasteiger partial charge in [-0.3, -0.25) is 4.90 Å². The Kier molecular flexibility index (Phi) is 3.38. The van der Waals surface area contributed by atoms with E-state index < -0.39 is 0 Å². The van der Waals surface area contributed by atoms with Crippen molar-refractivity contribution in [3.05, 3.63) is 23.8 Å². The van der Waals surface area contributed by atoms with E-state index in [9.17, 15) is 0 Å². The monoisotopic (exact) mass is 192 g/mol. The first-order valence-electron chi connectivity index (χ1n) is 5.65. The molecule has 0 saturated carbocycles. The van der Waals surface area contributed by atoms with Crippen LogP contribution in [0.2, 0.25) is 0 Å². The number of piperidine rings is 1. The predicted molar refractivity (Wildman–Crippen MR) is 60.1 cm³/mol.